The van der Waals surface area contributed by atoms with Gasteiger partial charge in [0.05, 0.1) is 16.8 Å². The van der Waals surface area contributed by atoms with Crippen LogP contribution in [-0.4, -0.2) is 16.4 Å². The third-order valence-electron chi connectivity index (χ3n) is 3.15. The molecule has 0 aliphatic rings. The van der Waals surface area contributed by atoms with E-state index in [2.05, 4.69) is 21.0 Å². The molecule has 1 amide bonds. The largest absolute Gasteiger partial charge is 0.416 e. The first kappa shape index (κ1) is 17.3. The number of fused-ring (bicyclic) bond motifs is 1. The molecule has 0 fully saturated rings. The van der Waals surface area contributed by atoms with Crippen molar-refractivity contribution in [1.82, 2.24) is 9.97 Å². The monoisotopic (exact) mass is 336 g/mol. The zero-order valence-electron chi connectivity index (χ0n) is 12.7. The number of aryl methyl sites for hydroxylation is 1. The van der Waals surface area contributed by atoms with Crippen LogP contribution in [0.2, 0.25) is 0 Å². The van der Waals surface area contributed by atoms with Gasteiger partial charge in [-0.05, 0) is 43.3 Å². The van der Waals surface area contributed by atoms with E-state index in [1.54, 1.807) is 6.20 Å². The lowest BCUT2D eigenvalue weighted by Crippen LogP contribution is -2.04. The lowest BCUT2D eigenvalue weighted by Gasteiger charge is -2.08. The number of rotatable bonds is 2. The molecular formula is C16H15F3N4O. The number of nitrogens with one attached hydrogen (secondary N) is 2. The first-order valence-corrected chi connectivity index (χ1v) is 6.89. The maximum absolute atomic E-state index is 12.5. The Bertz CT molecular complexity index is 825. The summed E-state index contributed by atoms with van der Waals surface area (Å²) in [5.41, 5.74) is 7.31. The smallest absolute Gasteiger partial charge is 0.372 e. The quantitative estimate of drug-likeness (QED) is 0.623. The molecule has 3 aromatic rings. The lowest BCUT2D eigenvalue weighted by atomic mass is 10.2. The Morgan fingerprint density at radius 3 is 2.38 bits per heavy atom. The van der Waals surface area contributed by atoms with Gasteiger partial charge in [-0.25, -0.2) is 4.98 Å². The summed E-state index contributed by atoms with van der Waals surface area (Å²) in [6.45, 7) is 1.88. The number of pyridine rings is 1. The average molecular weight is 336 g/mol. The molecule has 24 heavy (non-hydrogen) atoms. The number of amides is 1. The lowest BCUT2D eigenvalue weighted by molar-refractivity contribution is -0.137. The standard InChI is InChI=1S/C15H12F3N3.CH3NO/c1-9-2-7-12-14(20-9)13(8-19-12)21-11-5-3-10(4-6-11)15(16,17)18;2-1-3/h2-8,19,21H,1H3;1H,(H2,2,3). The van der Waals surface area contributed by atoms with Crippen molar-refractivity contribution in [2.24, 2.45) is 5.73 Å². The number of alkyl halides is 3. The average Bonchev–Trinajstić information content (AvgIpc) is 2.90. The third-order valence-corrected chi connectivity index (χ3v) is 3.15. The SMILES string of the molecule is Cc1ccc2[nH]cc(Nc3ccc(C(F)(F)F)cc3)c2n1.NC=O. The summed E-state index contributed by atoms with van der Waals surface area (Å²) >= 11 is 0. The van der Waals surface area contributed by atoms with Gasteiger partial charge in [0, 0.05) is 17.6 Å². The molecule has 0 aliphatic carbocycles. The Morgan fingerprint density at radius 2 is 1.79 bits per heavy atom. The summed E-state index contributed by atoms with van der Waals surface area (Å²) in [6, 6.07) is 8.71. The van der Waals surface area contributed by atoms with Crippen molar-refractivity contribution in [1.29, 1.82) is 0 Å². The van der Waals surface area contributed by atoms with Crippen LogP contribution in [0.3, 0.4) is 0 Å². The van der Waals surface area contributed by atoms with E-state index < -0.39 is 11.7 Å². The second-order valence-corrected chi connectivity index (χ2v) is 4.89. The number of hydrogen-bond acceptors (Lipinski definition) is 3. The highest BCUT2D eigenvalue weighted by atomic mass is 19.4. The van der Waals surface area contributed by atoms with Gasteiger partial charge in [0.25, 0.3) is 0 Å². The predicted molar refractivity (Wildman–Crippen MR) is 85.8 cm³/mol. The Labute approximate surface area is 135 Å². The van der Waals surface area contributed by atoms with Gasteiger partial charge < -0.3 is 16.0 Å². The van der Waals surface area contributed by atoms with E-state index in [1.807, 2.05) is 19.1 Å². The van der Waals surface area contributed by atoms with Crippen LogP contribution in [0.4, 0.5) is 24.5 Å². The molecule has 0 unspecified atom stereocenters. The highest BCUT2D eigenvalue weighted by molar-refractivity contribution is 5.90. The van der Waals surface area contributed by atoms with E-state index in [1.165, 1.54) is 12.1 Å². The second-order valence-electron chi connectivity index (χ2n) is 4.89. The van der Waals surface area contributed by atoms with Crippen molar-refractivity contribution in [3.8, 4) is 0 Å². The summed E-state index contributed by atoms with van der Waals surface area (Å²) in [4.78, 5) is 16.1. The van der Waals surface area contributed by atoms with Crippen molar-refractivity contribution < 1.29 is 18.0 Å². The van der Waals surface area contributed by atoms with E-state index in [0.717, 1.165) is 34.5 Å². The first-order chi connectivity index (χ1) is 11.3. The minimum Gasteiger partial charge on any atom is -0.372 e. The number of benzene rings is 1. The van der Waals surface area contributed by atoms with E-state index in [0.29, 0.717) is 5.69 Å². The number of H-pyrrole nitrogens is 1. The Morgan fingerprint density at radius 1 is 1.17 bits per heavy atom. The maximum Gasteiger partial charge on any atom is 0.416 e. The number of carbonyl (C=O) groups is 1. The molecule has 3 rings (SSSR count). The van der Waals surface area contributed by atoms with Crippen molar-refractivity contribution in [2.45, 2.75) is 13.1 Å². The fourth-order valence-electron chi connectivity index (χ4n) is 2.09. The molecular weight excluding hydrogens is 321 g/mol. The number of primary amides is 1. The van der Waals surface area contributed by atoms with Crippen LogP contribution in [0.5, 0.6) is 0 Å². The molecule has 126 valence electrons. The second kappa shape index (κ2) is 7.03. The van der Waals surface area contributed by atoms with Crippen LogP contribution >= 0.6 is 0 Å². The van der Waals surface area contributed by atoms with Crippen molar-refractivity contribution >= 4 is 28.8 Å². The zero-order valence-corrected chi connectivity index (χ0v) is 12.7. The van der Waals surface area contributed by atoms with Crippen LogP contribution in [0.25, 0.3) is 11.0 Å². The molecule has 2 aromatic heterocycles. The number of nitrogens with two attached hydrogens (primary N) is 1. The van der Waals surface area contributed by atoms with Crippen LogP contribution in [-0.2, 0) is 11.0 Å². The van der Waals surface area contributed by atoms with Gasteiger partial charge >= 0.3 is 6.18 Å². The molecule has 0 saturated heterocycles. The number of anilines is 2. The maximum atomic E-state index is 12.5. The van der Waals surface area contributed by atoms with E-state index >= 15 is 0 Å². The van der Waals surface area contributed by atoms with Gasteiger partial charge in [-0.3, -0.25) is 4.79 Å². The molecule has 0 radical (unpaired) electrons. The fourth-order valence-corrected chi connectivity index (χ4v) is 2.09. The normalized spacial score (nSPS) is 10.8. The Hall–Kier alpha value is -3.03. The van der Waals surface area contributed by atoms with E-state index in [9.17, 15) is 13.2 Å². The molecule has 0 bridgehead atoms. The highest BCUT2D eigenvalue weighted by Crippen LogP contribution is 2.31. The molecule has 8 heteroatoms. The summed E-state index contributed by atoms with van der Waals surface area (Å²) in [5.74, 6) is 0. The van der Waals surface area contributed by atoms with E-state index in [4.69, 9.17) is 4.79 Å². The molecule has 0 saturated carbocycles. The van der Waals surface area contributed by atoms with Crippen molar-refractivity contribution in [3.05, 3.63) is 53.9 Å². The van der Waals surface area contributed by atoms with Gasteiger partial charge in [0.1, 0.15) is 5.52 Å². The van der Waals surface area contributed by atoms with Crippen LogP contribution < -0.4 is 11.1 Å². The van der Waals surface area contributed by atoms with Gasteiger partial charge in [0.2, 0.25) is 6.41 Å². The van der Waals surface area contributed by atoms with E-state index in [-0.39, 0.29) is 6.41 Å². The Balaban J connectivity index is 0.000000647. The number of halogens is 3. The van der Waals surface area contributed by atoms with Crippen molar-refractivity contribution in [2.75, 3.05) is 5.32 Å². The number of carbonyl (C=O) groups excluding carboxylic acids is 1. The van der Waals surface area contributed by atoms with Gasteiger partial charge in [-0.15, -0.1) is 0 Å². The topological polar surface area (TPSA) is 83.8 Å². The van der Waals surface area contributed by atoms with Gasteiger partial charge in [-0.1, -0.05) is 0 Å². The summed E-state index contributed by atoms with van der Waals surface area (Å²) in [7, 11) is 0. The fraction of sp³-hybridized carbons (Fsp3) is 0.125. The molecule has 1 aromatic carbocycles. The van der Waals surface area contributed by atoms with Crippen LogP contribution in [0.15, 0.2) is 42.6 Å². The number of aromatic amines is 1. The summed E-state index contributed by atoms with van der Waals surface area (Å²) < 4.78 is 37.5. The summed E-state index contributed by atoms with van der Waals surface area (Å²) in [5, 5.41) is 3.07. The van der Waals surface area contributed by atoms with Gasteiger partial charge in [0.15, 0.2) is 0 Å². The Kier molecular flexibility index (Phi) is 5.08. The van der Waals surface area contributed by atoms with Gasteiger partial charge in [-0.2, -0.15) is 13.2 Å². The van der Waals surface area contributed by atoms with Crippen LogP contribution in [0.1, 0.15) is 11.3 Å². The first-order valence-electron chi connectivity index (χ1n) is 6.89. The number of hydrogen-bond donors (Lipinski definition) is 3. The van der Waals surface area contributed by atoms with Crippen LogP contribution in [0, 0.1) is 6.92 Å². The van der Waals surface area contributed by atoms with Crippen molar-refractivity contribution in [3.63, 3.8) is 0 Å². The predicted octanol–water partition coefficient (Wildman–Crippen LogP) is 3.74. The molecule has 0 atom stereocenters. The zero-order chi connectivity index (χ0) is 17.7. The molecule has 2 heterocycles. The third kappa shape index (κ3) is 4.03. The molecule has 0 aliphatic heterocycles. The highest BCUT2D eigenvalue weighted by Gasteiger charge is 2.29. The minimum atomic E-state index is -4.32. The molecule has 5 nitrogen and oxygen atoms in total. The minimum absolute atomic E-state index is 0.250. The number of nitrogens with zero attached hydrogens (tertiary/aromatic N) is 1. The summed E-state index contributed by atoms with van der Waals surface area (Å²) in [6.07, 6.45) is -2.33. The molecule has 4 N–H and O–H groups in total. The molecule has 0 spiro atoms. The number of aromatic nitrogens is 2.